The summed E-state index contributed by atoms with van der Waals surface area (Å²) >= 11 is 0. The number of nitrogens with zero attached hydrogens (tertiary/aromatic N) is 5. The molecule has 1 saturated heterocycles. The Bertz CT molecular complexity index is 802. The third-order valence-electron chi connectivity index (χ3n) is 4.18. The second-order valence-corrected chi connectivity index (χ2v) is 5.75. The number of hydrogen-bond acceptors (Lipinski definition) is 5. The van der Waals surface area contributed by atoms with Gasteiger partial charge in [0.25, 0.3) is 0 Å². The summed E-state index contributed by atoms with van der Waals surface area (Å²) in [5.74, 6) is 0.686. The van der Waals surface area contributed by atoms with Gasteiger partial charge in [0, 0.05) is 30.0 Å². The number of hydrogen-bond donors (Lipinski definition) is 1. The molecule has 6 nitrogen and oxygen atoms in total. The molecule has 1 aromatic heterocycles. The molecule has 0 amide bonds. The monoisotopic (exact) mass is 306 g/mol. The molecule has 0 bridgehead atoms. The molecule has 0 unspecified atom stereocenters. The van der Waals surface area contributed by atoms with Gasteiger partial charge in [-0.25, -0.2) is 0 Å². The minimum absolute atomic E-state index is 0.686. The summed E-state index contributed by atoms with van der Waals surface area (Å²) in [6, 6.07) is 16.0. The minimum atomic E-state index is 0.686. The molecular formula is C17H18N6. The van der Waals surface area contributed by atoms with Gasteiger partial charge >= 0.3 is 0 Å². The summed E-state index contributed by atoms with van der Waals surface area (Å²) in [5, 5.41) is 12.1. The zero-order valence-corrected chi connectivity index (χ0v) is 12.8. The van der Waals surface area contributed by atoms with E-state index in [1.807, 2.05) is 24.3 Å². The first-order valence-corrected chi connectivity index (χ1v) is 7.81. The number of nitrogen functional groups attached to an aromatic ring is 1. The Morgan fingerprint density at radius 2 is 1.65 bits per heavy atom. The summed E-state index contributed by atoms with van der Waals surface area (Å²) in [4.78, 5) is 2.40. The highest BCUT2D eigenvalue weighted by Crippen LogP contribution is 2.24. The van der Waals surface area contributed by atoms with Crippen LogP contribution in [0.2, 0.25) is 0 Å². The number of benzene rings is 2. The fourth-order valence-electron chi connectivity index (χ4n) is 3.00. The van der Waals surface area contributed by atoms with E-state index < -0.39 is 0 Å². The van der Waals surface area contributed by atoms with E-state index in [0.717, 1.165) is 24.3 Å². The van der Waals surface area contributed by atoms with Gasteiger partial charge in [-0.15, -0.1) is 5.10 Å². The van der Waals surface area contributed by atoms with Gasteiger partial charge in [-0.05, 0) is 59.7 Å². The zero-order chi connectivity index (χ0) is 15.6. The number of rotatable bonds is 3. The quantitative estimate of drug-likeness (QED) is 0.753. The Morgan fingerprint density at radius 1 is 0.913 bits per heavy atom. The average molecular weight is 306 g/mol. The van der Waals surface area contributed by atoms with E-state index >= 15 is 0 Å². The lowest BCUT2D eigenvalue weighted by Crippen LogP contribution is -2.17. The van der Waals surface area contributed by atoms with E-state index in [0.29, 0.717) is 11.5 Å². The number of anilines is 2. The highest BCUT2D eigenvalue weighted by Gasteiger charge is 2.14. The van der Waals surface area contributed by atoms with Crippen molar-refractivity contribution in [2.75, 3.05) is 23.7 Å². The predicted molar refractivity (Wildman–Crippen MR) is 90.4 cm³/mol. The molecule has 4 rings (SSSR count). The van der Waals surface area contributed by atoms with Crippen molar-refractivity contribution in [2.24, 2.45) is 0 Å². The number of aromatic nitrogens is 4. The smallest absolute Gasteiger partial charge is 0.187 e. The molecule has 1 aliphatic heterocycles. The lowest BCUT2D eigenvalue weighted by atomic mass is 10.2. The molecular weight excluding hydrogens is 288 g/mol. The van der Waals surface area contributed by atoms with E-state index in [2.05, 4.69) is 44.7 Å². The van der Waals surface area contributed by atoms with Crippen LogP contribution < -0.4 is 10.6 Å². The van der Waals surface area contributed by atoms with Crippen LogP contribution in [-0.2, 0) is 0 Å². The zero-order valence-electron chi connectivity index (χ0n) is 12.8. The Hall–Kier alpha value is -2.89. The van der Waals surface area contributed by atoms with Gasteiger partial charge in [-0.2, -0.15) is 4.68 Å². The van der Waals surface area contributed by atoms with Crippen molar-refractivity contribution in [1.29, 1.82) is 0 Å². The van der Waals surface area contributed by atoms with Crippen molar-refractivity contribution in [3.05, 3.63) is 48.5 Å². The minimum Gasteiger partial charge on any atom is -0.399 e. The molecule has 3 aromatic rings. The van der Waals surface area contributed by atoms with Crippen LogP contribution >= 0.6 is 0 Å². The summed E-state index contributed by atoms with van der Waals surface area (Å²) in [5.41, 5.74) is 9.65. The third-order valence-corrected chi connectivity index (χ3v) is 4.18. The molecule has 6 heteroatoms. The molecule has 0 aliphatic carbocycles. The van der Waals surface area contributed by atoms with Crippen molar-refractivity contribution in [2.45, 2.75) is 12.8 Å². The fourth-order valence-corrected chi connectivity index (χ4v) is 3.00. The van der Waals surface area contributed by atoms with Gasteiger partial charge in [0.05, 0.1) is 5.69 Å². The van der Waals surface area contributed by atoms with Crippen LogP contribution in [0.4, 0.5) is 11.4 Å². The molecule has 23 heavy (non-hydrogen) atoms. The Morgan fingerprint density at radius 3 is 2.39 bits per heavy atom. The first-order valence-electron chi connectivity index (χ1n) is 7.81. The van der Waals surface area contributed by atoms with E-state index in [9.17, 15) is 0 Å². The van der Waals surface area contributed by atoms with Gasteiger partial charge in [0.15, 0.2) is 5.82 Å². The first-order chi connectivity index (χ1) is 11.3. The first kappa shape index (κ1) is 13.8. The molecule has 2 aromatic carbocycles. The number of nitrogens with two attached hydrogens (primary N) is 1. The molecule has 0 spiro atoms. The van der Waals surface area contributed by atoms with Crippen LogP contribution in [0.3, 0.4) is 0 Å². The SMILES string of the molecule is Nc1cccc(-c2nnnn2-c2ccc(N3CCCC3)cc2)c1. The Labute approximate surface area is 134 Å². The third kappa shape index (κ3) is 2.63. The van der Waals surface area contributed by atoms with E-state index in [-0.39, 0.29) is 0 Å². The topological polar surface area (TPSA) is 72.9 Å². The van der Waals surface area contributed by atoms with Gasteiger partial charge in [-0.3, -0.25) is 0 Å². The highest BCUT2D eigenvalue weighted by atomic mass is 15.5. The molecule has 2 heterocycles. The maximum atomic E-state index is 5.86. The predicted octanol–water partition coefficient (Wildman–Crippen LogP) is 2.51. The van der Waals surface area contributed by atoms with Crippen molar-refractivity contribution in [3.8, 4) is 17.1 Å². The largest absolute Gasteiger partial charge is 0.399 e. The van der Waals surface area contributed by atoms with Crippen LogP contribution in [0.1, 0.15) is 12.8 Å². The summed E-state index contributed by atoms with van der Waals surface area (Å²) < 4.78 is 1.74. The van der Waals surface area contributed by atoms with Gasteiger partial charge in [0.1, 0.15) is 0 Å². The van der Waals surface area contributed by atoms with Gasteiger partial charge in [-0.1, -0.05) is 12.1 Å². The second-order valence-electron chi connectivity index (χ2n) is 5.75. The summed E-state index contributed by atoms with van der Waals surface area (Å²) in [7, 11) is 0. The normalized spacial score (nSPS) is 14.3. The van der Waals surface area contributed by atoms with Crippen LogP contribution in [0, 0.1) is 0 Å². The van der Waals surface area contributed by atoms with Crippen molar-refractivity contribution in [1.82, 2.24) is 20.2 Å². The maximum absolute atomic E-state index is 5.86. The van der Waals surface area contributed by atoms with Crippen molar-refractivity contribution < 1.29 is 0 Å². The summed E-state index contributed by atoms with van der Waals surface area (Å²) in [6.07, 6.45) is 2.54. The average Bonchev–Trinajstić information content (AvgIpc) is 3.27. The van der Waals surface area contributed by atoms with Crippen molar-refractivity contribution in [3.63, 3.8) is 0 Å². The lowest BCUT2D eigenvalue weighted by Gasteiger charge is -2.17. The second kappa shape index (κ2) is 5.72. The van der Waals surface area contributed by atoms with Crippen LogP contribution in [0.25, 0.3) is 17.1 Å². The van der Waals surface area contributed by atoms with Crippen LogP contribution in [0.5, 0.6) is 0 Å². The lowest BCUT2D eigenvalue weighted by molar-refractivity contribution is 0.791. The number of tetrazole rings is 1. The Kier molecular flexibility index (Phi) is 3.42. The maximum Gasteiger partial charge on any atom is 0.187 e. The van der Waals surface area contributed by atoms with E-state index in [4.69, 9.17) is 5.73 Å². The van der Waals surface area contributed by atoms with Crippen LogP contribution in [0.15, 0.2) is 48.5 Å². The molecule has 0 atom stereocenters. The standard InChI is InChI=1S/C17H18N6/c18-14-5-3-4-13(12-14)17-19-20-21-23(17)16-8-6-15(7-9-16)22-10-1-2-11-22/h3-9,12H,1-2,10-11,18H2. The molecule has 1 aliphatic rings. The van der Waals surface area contributed by atoms with E-state index in [1.54, 1.807) is 4.68 Å². The molecule has 116 valence electrons. The molecule has 1 fully saturated rings. The highest BCUT2D eigenvalue weighted by molar-refractivity contribution is 5.63. The molecule has 0 saturated carbocycles. The summed E-state index contributed by atoms with van der Waals surface area (Å²) in [6.45, 7) is 2.28. The van der Waals surface area contributed by atoms with Crippen LogP contribution in [-0.4, -0.2) is 33.3 Å². The molecule has 2 N–H and O–H groups in total. The van der Waals surface area contributed by atoms with Gasteiger partial charge < -0.3 is 10.6 Å². The van der Waals surface area contributed by atoms with Crippen molar-refractivity contribution >= 4 is 11.4 Å². The Balaban J connectivity index is 1.67. The molecule has 0 radical (unpaired) electrons. The fraction of sp³-hybridized carbons (Fsp3) is 0.235. The van der Waals surface area contributed by atoms with E-state index in [1.165, 1.54) is 18.5 Å². The van der Waals surface area contributed by atoms with Gasteiger partial charge in [0.2, 0.25) is 0 Å².